The molecule has 0 aliphatic carbocycles. The van der Waals surface area contributed by atoms with E-state index < -0.39 is 15.1 Å². The predicted molar refractivity (Wildman–Crippen MR) is 81.9 cm³/mol. The van der Waals surface area contributed by atoms with E-state index in [9.17, 15) is 13.2 Å². The number of hydrogen-bond acceptors (Lipinski definition) is 5. The largest absolute Gasteiger partial charge is 0.343 e. The summed E-state index contributed by atoms with van der Waals surface area (Å²) in [5.74, 6) is 0.0991. The van der Waals surface area contributed by atoms with Crippen molar-refractivity contribution in [3.05, 3.63) is 6.33 Å². The fourth-order valence-corrected chi connectivity index (χ4v) is 4.40. The molecule has 0 radical (unpaired) electrons. The Morgan fingerprint density at radius 3 is 2.36 bits per heavy atom. The van der Waals surface area contributed by atoms with Crippen molar-refractivity contribution < 1.29 is 13.2 Å². The van der Waals surface area contributed by atoms with Crippen molar-refractivity contribution in [2.75, 3.05) is 13.1 Å². The Hall–Kier alpha value is -1.44. The van der Waals surface area contributed by atoms with Crippen LogP contribution in [-0.4, -0.2) is 52.3 Å². The summed E-state index contributed by atoms with van der Waals surface area (Å²) in [6.07, 6.45) is 2.76. The van der Waals surface area contributed by atoms with Crippen LogP contribution in [0.2, 0.25) is 0 Å². The van der Waals surface area contributed by atoms with Crippen molar-refractivity contribution >= 4 is 15.7 Å². The summed E-state index contributed by atoms with van der Waals surface area (Å²) in [7, 11) is -1.86. The monoisotopic (exact) mass is 328 g/mol. The van der Waals surface area contributed by atoms with Crippen LogP contribution in [0.1, 0.15) is 40.0 Å². The molecule has 1 aromatic rings. The van der Waals surface area contributed by atoms with E-state index in [1.807, 2.05) is 20.8 Å². The topological polar surface area (TPSA) is 85.2 Å². The standard InChI is InChI=1S/C14H24N4O3S/c1-14(2,3)9-12(19)18-7-5-11(6-8-18)22(20,21)13-16-15-10-17(13)4/h10-11H,5-9H2,1-4H3. The van der Waals surface area contributed by atoms with Crippen molar-refractivity contribution in [1.82, 2.24) is 19.7 Å². The predicted octanol–water partition coefficient (Wildman–Crippen LogP) is 1.02. The van der Waals surface area contributed by atoms with E-state index in [1.165, 1.54) is 10.9 Å². The number of sulfone groups is 1. The molecule has 1 saturated heterocycles. The molecule has 1 aliphatic rings. The van der Waals surface area contributed by atoms with Gasteiger partial charge in [0.2, 0.25) is 20.9 Å². The van der Waals surface area contributed by atoms with Gasteiger partial charge in [0.05, 0.1) is 5.25 Å². The first-order valence-electron chi connectivity index (χ1n) is 7.47. The van der Waals surface area contributed by atoms with Gasteiger partial charge in [-0.3, -0.25) is 4.79 Å². The Bertz CT molecular complexity index is 637. The molecule has 8 heteroatoms. The first kappa shape index (κ1) is 16.9. The minimum Gasteiger partial charge on any atom is -0.343 e. The molecule has 1 fully saturated rings. The molecule has 0 spiro atoms. The molecule has 0 unspecified atom stereocenters. The maximum Gasteiger partial charge on any atom is 0.249 e. The van der Waals surface area contributed by atoms with E-state index >= 15 is 0 Å². The Morgan fingerprint density at radius 2 is 1.91 bits per heavy atom. The van der Waals surface area contributed by atoms with Crippen LogP contribution in [-0.2, 0) is 21.7 Å². The zero-order valence-corrected chi connectivity index (χ0v) is 14.4. The third-order valence-corrected chi connectivity index (χ3v) is 6.07. The lowest BCUT2D eigenvalue weighted by molar-refractivity contribution is -0.133. The molecule has 7 nitrogen and oxygen atoms in total. The molecular formula is C14H24N4O3S. The number of carbonyl (C=O) groups excluding carboxylic acids is 1. The first-order chi connectivity index (χ1) is 10.1. The van der Waals surface area contributed by atoms with Crippen molar-refractivity contribution in [2.45, 2.75) is 50.4 Å². The van der Waals surface area contributed by atoms with Gasteiger partial charge in [0.1, 0.15) is 6.33 Å². The van der Waals surface area contributed by atoms with Crippen LogP contribution in [0.5, 0.6) is 0 Å². The normalized spacial score (nSPS) is 17.7. The number of aryl methyl sites for hydroxylation is 1. The third-order valence-electron chi connectivity index (χ3n) is 3.84. The highest BCUT2D eigenvalue weighted by molar-refractivity contribution is 7.91. The molecule has 22 heavy (non-hydrogen) atoms. The first-order valence-corrected chi connectivity index (χ1v) is 9.01. The Morgan fingerprint density at radius 1 is 1.32 bits per heavy atom. The van der Waals surface area contributed by atoms with Gasteiger partial charge in [-0.1, -0.05) is 20.8 Å². The van der Waals surface area contributed by atoms with E-state index in [0.29, 0.717) is 32.4 Å². The van der Waals surface area contributed by atoms with Crippen molar-refractivity contribution in [3.8, 4) is 0 Å². The molecule has 0 bridgehead atoms. The molecule has 0 atom stereocenters. The van der Waals surface area contributed by atoms with Crippen LogP contribution in [0.3, 0.4) is 0 Å². The molecule has 1 aliphatic heterocycles. The van der Waals surface area contributed by atoms with E-state index in [4.69, 9.17) is 0 Å². The molecule has 0 saturated carbocycles. The van der Waals surface area contributed by atoms with Gasteiger partial charge in [0.25, 0.3) is 0 Å². The molecule has 1 amide bonds. The summed E-state index contributed by atoms with van der Waals surface area (Å²) in [5, 5.41) is 6.86. The van der Waals surface area contributed by atoms with Crippen LogP contribution in [0.15, 0.2) is 11.5 Å². The number of piperidine rings is 1. The highest BCUT2D eigenvalue weighted by Crippen LogP contribution is 2.25. The zero-order valence-electron chi connectivity index (χ0n) is 13.6. The van der Waals surface area contributed by atoms with E-state index in [0.717, 1.165) is 0 Å². The summed E-state index contributed by atoms with van der Waals surface area (Å²) in [5.41, 5.74) is -0.0569. The lowest BCUT2D eigenvalue weighted by Gasteiger charge is -2.33. The van der Waals surface area contributed by atoms with Crippen molar-refractivity contribution in [1.29, 1.82) is 0 Å². The van der Waals surface area contributed by atoms with Gasteiger partial charge >= 0.3 is 0 Å². The Balaban J connectivity index is 2.01. The molecule has 0 aromatic carbocycles. The maximum atomic E-state index is 12.5. The van der Waals surface area contributed by atoms with Crippen molar-refractivity contribution in [2.24, 2.45) is 12.5 Å². The molecule has 2 heterocycles. The van der Waals surface area contributed by atoms with Crippen LogP contribution >= 0.6 is 0 Å². The third kappa shape index (κ3) is 3.66. The molecule has 124 valence electrons. The summed E-state index contributed by atoms with van der Waals surface area (Å²) in [4.78, 5) is 14.0. The Kier molecular flexibility index (Phi) is 4.60. The number of carbonyl (C=O) groups is 1. The summed E-state index contributed by atoms with van der Waals surface area (Å²) in [6, 6.07) is 0. The van der Waals surface area contributed by atoms with Gasteiger partial charge in [0, 0.05) is 26.6 Å². The fourth-order valence-electron chi connectivity index (χ4n) is 2.66. The smallest absolute Gasteiger partial charge is 0.249 e. The van der Waals surface area contributed by atoms with Gasteiger partial charge in [-0.15, -0.1) is 10.2 Å². The number of aromatic nitrogens is 3. The number of nitrogens with zero attached hydrogens (tertiary/aromatic N) is 4. The quantitative estimate of drug-likeness (QED) is 0.827. The molecular weight excluding hydrogens is 304 g/mol. The van der Waals surface area contributed by atoms with Gasteiger partial charge < -0.3 is 9.47 Å². The number of amides is 1. The highest BCUT2D eigenvalue weighted by Gasteiger charge is 2.35. The van der Waals surface area contributed by atoms with Gasteiger partial charge in [-0.05, 0) is 18.3 Å². The SMILES string of the molecule is Cn1cnnc1S(=O)(=O)C1CCN(C(=O)CC(C)(C)C)CC1. The Labute approximate surface area is 131 Å². The summed E-state index contributed by atoms with van der Waals surface area (Å²) >= 11 is 0. The molecule has 0 N–H and O–H groups in total. The number of likely N-dealkylation sites (tertiary alicyclic amines) is 1. The average molecular weight is 328 g/mol. The lowest BCUT2D eigenvalue weighted by atomic mass is 9.91. The van der Waals surface area contributed by atoms with Crippen LogP contribution < -0.4 is 0 Å². The molecule has 1 aromatic heterocycles. The number of hydrogen-bond donors (Lipinski definition) is 0. The van der Waals surface area contributed by atoms with Gasteiger partial charge in [-0.25, -0.2) is 8.42 Å². The van der Waals surface area contributed by atoms with E-state index in [-0.39, 0.29) is 16.5 Å². The minimum atomic E-state index is -3.48. The molecule has 2 rings (SSSR count). The summed E-state index contributed by atoms with van der Waals surface area (Å²) < 4.78 is 26.5. The second-order valence-electron chi connectivity index (χ2n) is 7.09. The average Bonchev–Trinajstić information content (AvgIpc) is 2.84. The van der Waals surface area contributed by atoms with Crippen molar-refractivity contribution in [3.63, 3.8) is 0 Å². The lowest BCUT2D eigenvalue weighted by Crippen LogP contribution is -2.43. The van der Waals surface area contributed by atoms with Crippen LogP contribution in [0.4, 0.5) is 0 Å². The number of rotatable bonds is 3. The second-order valence-corrected chi connectivity index (χ2v) is 9.21. The van der Waals surface area contributed by atoms with Crippen LogP contribution in [0.25, 0.3) is 0 Å². The second kappa shape index (κ2) is 5.98. The van der Waals surface area contributed by atoms with Gasteiger partial charge in [-0.2, -0.15) is 0 Å². The van der Waals surface area contributed by atoms with Gasteiger partial charge in [0.15, 0.2) is 0 Å². The minimum absolute atomic E-state index is 0.00645. The van der Waals surface area contributed by atoms with Crippen LogP contribution in [0, 0.1) is 5.41 Å². The zero-order chi connectivity index (χ0) is 16.5. The summed E-state index contributed by atoms with van der Waals surface area (Å²) in [6.45, 7) is 7.04. The van der Waals surface area contributed by atoms with E-state index in [2.05, 4.69) is 10.2 Å². The fraction of sp³-hybridized carbons (Fsp3) is 0.786. The maximum absolute atomic E-state index is 12.5. The van der Waals surface area contributed by atoms with E-state index in [1.54, 1.807) is 11.9 Å². The highest BCUT2D eigenvalue weighted by atomic mass is 32.2.